The fourth-order valence-corrected chi connectivity index (χ4v) is 4.91. The van der Waals surface area contributed by atoms with E-state index in [-0.39, 0.29) is 6.04 Å². The molecule has 0 radical (unpaired) electrons. The van der Waals surface area contributed by atoms with Gasteiger partial charge in [-0.05, 0) is 31.0 Å². The second kappa shape index (κ2) is 5.98. The van der Waals surface area contributed by atoms with Gasteiger partial charge in [-0.2, -0.15) is 0 Å². The number of thiazole rings is 1. The van der Waals surface area contributed by atoms with Crippen LogP contribution < -0.4 is 9.62 Å². The van der Waals surface area contributed by atoms with E-state index in [2.05, 4.69) is 16.9 Å². The number of sulfonamides is 1. The van der Waals surface area contributed by atoms with Gasteiger partial charge in [-0.25, -0.2) is 13.4 Å². The molecule has 0 fully saturated rings. The van der Waals surface area contributed by atoms with Crippen molar-refractivity contribution < 1.29 is 8.42 Å². The lowest BCUT2D eigenvalue weighted by Crippen LogP contribution is -2.34. The summed E-state index contributed by atoms with van der Waals surface area (Å²) in [7, 11) is -3.25. The van der Waals surface area contributed by atoms with Crippen molar-refractivity contribution in [1.82, 2.24) is 4.98 Å². The topological polar surface area (TPSA) is 62.3 Å². The molecule has 0 saturated carbocycles. The molecule has 0 amide bonds. The van der Waals surface area contributed by atoms with E-state index < -0.39 is 10.0 Å². The minimum absolute atomic E-state index is 0.0458. The highest BCUT2D eigenvalue weighted by molar-refractivity contribution is 7.92. The molecule has 5 nitrogen and oxygen atoms in total. The molecule has 1 atom stereocenters. The van der Waals surface area contributed by atoms with E-state index in [4.69, 9.17) is 0 Å². The number of nitrogens with zero attached hydrogens (tertiary/aromatic N) is 2. The molecular weight excluding hydrogens is 330 g/mol. The van der Waals surface area contributed by atoms with E-state index in [9.17, 15) is 8.42 Å². The summed E-state index contributed by atoms with van der Waals surface area (Å²) in [6.07, 6.45) is 3.77. The van der Waals surface area contributed by atoms with Crippen LogP contribution in [-0.2, 0) is 16.4 Å². The average molecular weight is 349 g/mol. The number of benzene rings is 1. The number of nitrogens with one attached hydrogen (secondary N) is 1. The van der Waals surface area contributed by atoms with Gasteiger partial charge in [-0.1, -0.05) is 12.1 Å². The van der Waals surface area contributed by atoms with Crippen LogP contribution in [0.4, 0.5) is 10.8 Å². The lowest BCUT2D eigenvalue weighted by Gasteiger charge is -2.21. The fraction of sp³-hybridized carbons (Fsp3) is 0.312. The molecule has 2 aromatic rings. The van der Waals surface area contributed by atoms with Crippen LogP contribution in [0, 0.1) is 0 Å². The van der Waals surface area contributed by atoms with Gasteiger partial charge in [0.2, 0.25) is 10.0 Å². The van der Waals surface area contributed by atoms with Crippen LogP contribution in [0.2, 0.25) is 0 Å². The number of rotatable bonds is 5. The Kier molecular flexibility index (Phi) is 4.16. The van der Waals surface area contributed by atoms with Gasteiger partial charge in [0.25, 0.3) is 0 Å². The Morgan fingerprint density at radius 3 is 3.00 bits per heavy atom. The second-order valence-electron chi connectivity index (χ2n) is 5.66. The summed E-state index contributed by atoms with van der Waals surface area (Å²) in [6, 6.07) is 5.81. The lowest BCUT2D eigenvalue weighted by molar-refractivity contribution is 0.590. The SMILES string of the molecule is C=CCNc1nc(-c2ccc3c(c2)CC(C)N3S(C)(=O)=O)cs1. The van der Waals surface area contributed by atoms with Crippen molar-refractivity contribution in [3.05, 3.63) is 41.8 Å². The molecular formula is C16H19N3O2S2. The van der Waals surface area contributed by atoms with Crippen LogP contribution in [0.5, 0.6) is 0 Å². The van der Waals surface area contributed by atoms with Crippen LogP contribution >= 0.6 is 11.3 Å². The molecule has 3 rings (SSSR count). The lowest BCUT2D eigenvalue weighted by atomic mass is 10.1. The standard InChI is InChI=1S/C16H19N3O2S2/c1-4-7-17-16-18-14(10-22-16)12-5-6-15-13(9-12)8-11(2)19(15)23(3,20)21/h4-6,9-11H,1,7-8H2,2-3H3,(H,17,18). The highest BCUT2D eigenvalue weighted by Gasteiger charge is 2.32. The number of fused-ring (bicyclic) bond motifs is 1. The Labute approximate surface area is 140 Å². The molecule has 1 aliphatic heterocycles. The van der Waals surface area contributed by atoms with Crippen LogP contribution in [0.15, 0.2) is 36.2 Å². The minimum Gasteiger partial charge on any atom is -0.358 e. The van der Waals surface area contributed by atoms with Crippen LogP contribution in [-0.4, -0.2) is 32.2 Å². The zero-order valence-electron chi connectivity index (χ0n) is 13.1. The normalized spacial score (nSPS) is 17.1. The molecule has 2 heterocycles. The van der Waals surface area contributed by atoms with Gasteiger partial charge in [0.15, 0.2) is 5.13 Å². The Bertz CT molecular complexity index is 843. The summed E-state index contributed by atoms with van der Waals surface area (Å²) >= 11 is 1.55. The third-order valence-corrected chi connectivity index (χ3v) is 5.86. The highest BCUT2D eigenvalue weighted by Crippen LogP contribution is 2.37. The van der Waals surface area contributed by atoms with Gasteiger partial charge in [-0.15, -0.1) is 17.9 Å². The number of anilines is 2. The van der Waals surface area contributed by atoms with E-state index in [1.807, 2.05) is 30.5 Å². The summed E-state index contributed by atoms with van der Waals surface area (Å²) in [6.45, 7) is 6.28. The first-order chi connectivity index (χ1) is 10.9. The molecule has 1 unspecified atom stereocenters. The van der Waals surface area contributed by atoms with Crippen LogP contribution in [0.1, 0.15) is 12.5 Å². The number of hydrogen-bond donors (Lipinski definition) is 1. The van der Waals surface area contributed by atoms with Crippen molar-refractivity contribution >= 4 is 32.2 Å². The summed E-state index contributed by atoms with van der Waals surface area (Å²) in [5.41, 5.74) is 3.74. The van der Waals surface area contributed by atoms with Crippen LogP contribution in [0.3, 0.4) is 0 Å². The first-order valence-corrected chi connectivity index (χ1v) is 10.1. The third kappa shape index (κ3) is 3.11. The average Bonchev–Trinajstić information content (AvgIpc) is 3.06. The van der Waals surface area contributed by atoms with Gasteiger partial charge in [0.1, 0.15) is 0 Å². The summed E-state index contributed by atoms with van der Waals surface area (Å²) in [5.74, 6) is 0. The van der Waals surface area contributed by atoms with Crippen molar-refractivity contribution in [2.24, 2.45) is 0 Å². The van der Waals surface area contributed by atoms with Gasteiger partial charge in [-0.3, -0.25) is 4.31 Å². The molecule has 1 aromatic carbocycles. The zero-order valence-corrected chi connectivity index (χ0v) is 14.7. The maximum absolute atomic E-state index is 12.0. The van der Waals surface area contributed by atoms with Crippen molar-refractivity contribution in [3.8, 4) is 11.3 Å². The smallest absolute Gasteiger partial charge is 0.232 e. The first kappa shape index (κ1) is 16.0. The Balaban J connectivity index is 1.92. The largest absolute Gasteiger partial charge is 0.358 e. The molecule has 0 spiro atoms. The third-order valence-electron chi connectivity index (χ3n) is 3.79. The van der Waals surface area contributed by atoms with Gasteiger partial charge in [0.05, 0.1) is 17.6 Å². The van der Waals surface area contributed by atoms with E-state index in [1.54, 1.807) is 17.4 Å². The second-order valence-corrected chi connectivity index (χ2v) is 8.38. The molecule has 0 aliphatic carbocycles. The maximum atomic E-state index is 12.0. The van der Waals surface area contributed by atoms with Gasteiger partial charge in [0, 0.05) is 23.5 Å². The summed E-state index contributed by atoms with van der Waals surface area (Å²) < 4.78 is 25.4. The highest BCUT2D eigenvalue weighted by atomic mass is 32.2. The summed E-state index contributed by atoms with van der Waals surface area (Å²) in [4.78, 5) is 4.56. The maximum Gasteiger partial charge on any atom is 0.232 e. The van der Waals surface area contributed by atoms with Crippen LogP contribution in [0.25, 0.3) is 11.3 Å². The molecule has 122 valence electrons. The van der Waals surface area contributed by atoms with E-state index in [0.717, 1.165) is 34.1 Å². The predicted octanol–water partition coefficient (Wildman–Crippen LogP) is 3.12. The zero-order chi connectivity index (χ0) is 16.6. The molecule has 0 bridgehead atoms. The van der Waals surface area contributed by atoms with Gasteiger partial charge >= 0.3 is 0 Å². The molecule has 1 aliphatic rings. The molecule has 1 N–H and O–H groups in total. The van der Waals surface area contributed by atoms with E-state index in [1.165, 1.54) is 10.6 Å². The van der Waals surface area contributed by atoms with Crippen molar-refractivity contribution in [2.45, 2.75) is 19.4 Å². The van der Waals surface area contributed by atoms with Crippen molar-refractivity contribution in [3.63, 3.8) is 0 Å². The fourth-order valence-electron chi connectivity index (χ4n) is 2.91. The Morgan fingerprint density at radius 1 is 1.52 bits per heavy atom. The Morgan fingerprint density at radius 2 is 2.30 bits per heavy atom. The van der Waals surface area contributed by atoms with Crippen molar-refractivity contribution in [2.75, 3.05) is 22.4 Å². The van der Waals surface area contributed by atoms with E-state index >= 15 is 0 Å². The van der Waals surface area contributed by atoms with E-state index in [0.29, 0.717) is 6.54 Å². The molecule has 0 saturated heterocycles. The number of aromatic nitrogens is 1. The minimum atomic E-state index is -3.25. The number of hydrogen-bond acceptors (Lipinski definition) is 5. The summed E-state index contributed by atoms with van der Waals surface area (Å²) in [5, 5.41) is 6.03. The molecule has 7 heteroatoms. The quantitative estimate of drug-likeness (QED) is 0.843. The monoisotopic (exact) mass is 349 g/mol. The Hall–Kier alpha value is -1.86. The first-order valence-electron chi connectivity index (χ1n) is 7.33. The molecule has 1 aromatic heterocycles. The molecule has 23 heavy (non-hydrogen) atoms. The van der Waals surface area contributed by atoms with Gasteiger partial charge < -0.3 is 5.32 Å². The van der Waals surface area contributed by atoms with Crippen molar-refractivity contribution in [1.29, 1.82) is 0 Å². The predicted molar refractivity (Wildman–Crippen MR) is 96.7 cm³/mol.